The summed E-state index contributed by atoms with van der Waals surface area (Å²) in [6, 6.07) is 19.5. The molecule has 0 bridgehead atoms. The van der Waals surface area contributed by atoms with Crippen molar-refractivity contribution in [3.05, 3.63) is 71.3 Å². The van der Waals surface area contributed by atoms with Crippen molar-refractivity contribution in [1.82, 2.24) is 15.1 Å². The molecule has 4 nitrogen and oxygen atoms in total. The van der Waals surface area contributed by atoms with E-state index < -0.39 is 0 Å². The Balaban J connectivity index is 1.35. The lowest BCUT2D eigenvalue weighted by Gasteiger charge is -2.52. The van der Waals surface area contributed by atoms with E-state index in [-0.39, 0.29) is 12.1 Å². The summed E-state index contributed by atoms with van der Waals surface area (Å²) < 4.78 is 0. The maximum absolute atomic E-state index is 13.3. The van der Waals surface area contributed by atoms with E-state index in [0.717, 1.165) is 44.5 Å². The summed E-state index contributed by atoms with van der Waals surface area (Å²) >= 11 is 6.23. The van der Waals surface area contributed by atoms with Gasteiger partial charge in [-0.05, 0) is 48.3 Å². The van der Waals surface area contributed by atoms with Gasteiger partial charge in [0, 0.05) is 37.6 Å². The second kappa shape index (κ2) is 8.60. The van der Waals surface area contributed by atoms with E-state index >= 15 is 0 Å². The van der Waals surface area contributed by atoms with Gasteiger partial charge in [0.1, 0.15) is 0 Å². The van der Waals surface area contributed by atoms with Crippen LogP contribution in [0.5, 0.6) is 0 Å². The summed E-state index contributed by atoms with van der Waals surface area (Å²) in [4.78, 5) is 18.1. The van der Waals surface area contributed by atoms with Gasteiger partial charge in [-0.1, -0.05) is 54.6 Å². The Morgan fingerprint density at radius 2 is 1.90 bits per heavy atom. The number of amides is 2. The zero-order valence-corrected chi connectivity index (χ0v) is 18.1. The minimum Gasteiger partial charge on any atom is -0.330 e. The van der Waals surface area contributed by atoms with Gasteiger partial charge in [-0.3, -0.25) is 4.90 Å². The largest absolute Gasteiger partial charge is 0.330 e. The number of fused-ring (bicyclic) bond motifs is 4. The van der Waals surface area contributed by atoms with E-state index in [2.05, 4.69) is 39.4 Å². The van der Waals surface area contributed by atoms with Gasteiger partial charge in [-0.25, -0.2) is 4.79 Å². The van der Waals surface area contributed by atoms with Crippen LogP contribution >= 0.6 is 11.6 Å². The van der Waals surface area contributed by atoms with E-state index in [0.29, 0.717) is 23.9 Å². The highest BCUT2D eigenvalue weighted by molar-refractivity contribution is 6.18. The predicted molar refractivity (Wildman–Crippen MR) is 121 cm³/mol. The van der Waals surface area contributed by atoms with Crippen LogP contribution < -0.4 is 5.32 Å². The van der Waals surface area contributed by atoms with Crippen LogP contribution in [0, 0.1) is 5.92 Å². The summed E-state index contributed by atoms with van der Waals surface area (Å²) in [5.41, 5.74) is 4.01. The molecule has 4 atom stereocenters. The number of rotatable bonds is 3. The first kappa shape index (κ1) is 19.9. The highest BCUT2D eigenvalue weighted by Crippen LogP contribution is 2.42. The number of likely N-dealkylation sites (tertiary alicyclic amines) is 1. The third-order valence-electron chi connectivity index (χ3n) is 7.29. The Morgan fingerprint density at radius 1 is 1.10 bits per heavy atom. The summed E-state index contributed by atoms with van der Waals surface area (Å²) in [5.74, 6) is 0.943. The molecule has 0 saturated carbocycles. The maximum atomic E-state index is 13.3. The number of hydrogen-bond acceptors (Lipinski definition) is 2. The molecule has 3 aliphatic heterocycles. The van der Waals surface area contributed by atoms with Crippen molar-refractivity contribution in [3.63, 3.8) is 0 Å². The number of nitrogens with zero attached hydrogens (tertiary/aromatic N) is 2. The lowest BCUT2D eigenvalue weighted by molar-refractivity contribution is 0.00534. The Kier molecular flexibility index (Phi) is 5.70. The molecule has 5 rings (SSSR count). The number of carbonyl (C=O) groups excluding carboxylic acids is 1. The van der Waals surface area contributed by atoms with E-state index in [9.17, 15) is 4.79 Å². The molecule has 0 unspecified atom stereocenters. The van der Waals surface area contributed by atoms with Crippen molar-refractivity contribution in [2.45, 2.75) is 43.8 Å². The molecular weight excluding hydrogens is 394 g/mol. The molecule has 0 aromatic heterocycles. The predicted octanol–water partition coefficient (Wildman–Crippen LogP) is 4.76. The minimum absolute atomic E-state index is 0.0387. The molecule has 3 heterocycles. The standard InChI is InChI=1S/C25H30ClN3O/c26-16-22(19-8-2-1-3-9-19)27-25(30)29-13-6-10-20-17-28-14-12-18-7-4-5-11-21(18)24(28)15-23(20)29/h1-5,7-9,11,20,22-24H,6,10,12-17H2,(H,27,30)/t20-,22+,23+,24-/m1/s1. The SMILES string of the molecule is O=C(N[C@@H](CCl)c1ccccc1)N1CCC[C@@H]2CN3CCc4ccccc4[C@H]3C[C@@H]21. The van der Waals surface area contributed by atoms with E-state index in [1.54, 1.807) is 0 Å². The topological polar surface area (TPSA) is 35.6 Å². The fraction of sp³-hybridized carbons (Fsp3) is 0.480. The smallest absolute Gasteiger partial charge is 0.318 e. The molecule has 1 N–H and O–H groups in total. The zero-order valence-electron chi connectivity index (χ0n) is 17.3. The number of nitrogens with one attached hydrogen (secondary N) is 1. The van der Waals surface area contributed by atoms with Crippen LogP contribution in [0.1, 0.15) is 48.0 Å². The van der Waals surface area contributed by atoms with Crippen LogP contribution in [-0.2, 0) is 6.42 Å². The monoisotopic (exact) mass is 423 g/mol. The first-order valence-corrected chi connectivity index (χ1v) is 11.8. The lowest BCUT2D eigenvalue weighted by Crippen LogP contribution is -2.59. The van der Waals surface area contributed by atoms with Gasteiger partial charge >= 0.3 is 6.03 Å². The van der Waals surface area contributed by atoms with Gasteiger partial charge in [0.15, 0.2) is 0 Å². The molecule has 0 spiro atoms. The van der Waals surface area contributed by atoms with Gasteiger partial charge in [-0.2, -0.15) is 0 Å². The quantitative estimate of drug-likeness (QED) is 0.722. The average molecular weight is 424 g/mol. The van der Waals surface area contributed by atoms with E-state index in [1.807, 2.05) is 30.3 Å². The van der Waals surface area contributed by atoms with Crippen LogP contribution in [-0.4, -0.2) is 47.4 Å². The number of benzene rings is 2. The summed E-state index contributed by atoms with van der Waals surface area (Å²) in [7, 11) is 0. The first-order valence-electron chi connectivity index (χ1n) is 11.2. The second-order valence-electron chi connectivity index (χ2n) is 8.93. The van der Waals surface area contributed by atoms with Crippen molar-refractivity contribution < 1.29 is 4.79 Å². The third-order valence-corrected chi connectivity index (χ3v) is 7.60. The average Bonchev–Trinajstić information content (AvgIpc) is 2.81. The van der Waals surface area contributed by atoms with E-state index in [1.165, 1.54) is 17.5 Å². The molecule has 158 valence electrons. The van der Waals surface area contributed by atoms with Crippen LogP contribution in [0.3, 0.4) is 0 Å². The molecule has 2 aromatic rings. The van der Waals surface area contributed by atoms with Gasteiger partial charge in [0.05, 0.1) is 6.04 Å². The number of carbonyl (C=O) groups is 1. The molecule has 3 aliphatic rings. The Hall–Kier alpha value is -2.04. The number of urea groups is 1. The fourth-order valence-electron chi connectivity index (χ4n) is 5.78. The first-order chi connectivity index (χ1) is 14.7. The Labute approximate surface area is 184 Å². The van der Waals surface area contributed by atoms with Crippen molar-refractivity contribution in [2.24, 2.45) is 5.92 Å². The summed E-state index contributed by atoms with van der Waals surface area (Å²) in [6.07, 6.45) is 4.48. The summed E-state index contributed by atoms with van der Waals surface area (Å²) in [5, 5.41) is 3.22. The van der Waals surface area contributed by atoms with Crippen LogP contribution in [0.25, 0.3) is 0 Å². The second-order valence-corrected chi connectivity index (χ2v) is 9.23. The molecule has 5 heteroatoms. The van der Waals surface area contributed by atoms with Crippen molar-refractivity contribution in [3.8, 4) is 0 Å². The number of hydrogen-bond donors (Lipinski definition) is 1. The van der Waals surface area contributed by atoms with Crippen LogP contribution in [0.4, 0.5) is 4.79 Å². The van der Waals surface area contributed by atoms with Gasteiger partial charge in [0.2, 0.25) is 0 Å². The minimum atomic E-state index is -0.156. The molecule has 0 aliphatic carbocycles. The number of alkyl halides is 1. The molecule has 30 heavy (non-hydrogen) atoms. The molecule has 2 saturated heterocycles. The van der Waals surface area contributed by atoms with Crippen LogP contribution in [0.2, 0.25) is 0 Å². The highest BCUT2D eigenvalue weighted by atomic mass is 35.5. The zero-order chi connectivity index (χ0) is 20.5. The molecule has 2 fully saturated rings. The fourth-order valence-corrected chi connectivity index (χ4v) is 6.03. The number of halogens is 1. The lowest BCUT2D eigenvalue weighted by atomic mass is 9.77. The molecular formula is C25H30ClN3O. The molecule has 2 aromatic carbocycles. The molecule has 2 amide bonds. The van der Waals surface area contributed by atoms with E-state index in [4.69, 9.17) is 11.6 Å². The molecule has 0 radical (unpaired) electrons. The summed E-state index contributed by atoms with van der Waals surface area (Å²) in [6.45, 7) is 3.08. The van der Waals surface area contributed by atoms with Crippen LogP contribution in [0.15, 0.2) is 54.6 Å². The van der Waals surface area contributed by atoms with Crippen molar-refractivity contribution in [2.75, 3.05) is 25.5 Å². The normalized spacial score (nSPS) is 26.8. The number of piperidine rings is 2. The highest BCUT2D eigenvalue weighted by Gasteiger charge is 2.44. The third kappa shape index (κ3) is 3.72. The van der Waals surface area contributed by atoms with Gasteiger partial charge in [-0.15, -0.1) is 11.6 Å². The Morgan fingerprint density at radius 3 is 2.73 bits per heavy atom. The Bertz CT molecular complexity index is 889. The van der Waals surface area contributed by atoms with Gasteiger partial charge < -0.3 is 10.2 Å². The van der Waals surface area contributed by atoms with Crippen molar-refractivity contribution >= 4 is 17.6 Å². The van der Waals surface area contributed by atoms with Gasteiger partial charge in [0.25, 0.3) is 0 Å². The maximum Gasteiger partial charge on any atom is 0.318 e. The van der Waals surface area contributed by atoms with Crippen molar-refractivity contribution in [1.29, 1.82) is 0 Å².